The fourth-order valence-electron chi connectivity index (χ4n) is 0.142. The van der Waals surface area contributed by atoms with Gasteiger partial charge in [0.05, 0.1) is 5.94 Å². The van der Waals surface area contributed by atoms with Crippen LogP contribution in [-0.2, 0) is 9.53 Å². The monoisotopic (exact) mass is 160 g/mol. The van der Waals surface area contributed by atoms with E-state index < -0.39 is 0 Å². The molecule has 0 N–H and O–H groups in total. The van der Waals surface area contributed by atoms with Crippen molar-refractivity contribution in [3.8, 4) is 0 Å². The third-order valence-electron chi connectivity index (χ3n) is 0.380. The van der Waals surface area contributed by atoms with Crippen LogP contribution in [0.2, 0.25) is 0 Å². The van der Waals surface area contributed by atoms with E-state index in [0.29, 0.717) is 5.94 Å². The number of hydrogen-bond donors (Lipinski definition) is 0. The molecule has 0 aromatic heterocycles. The number of carbonyl (C=O) groups is 1. The summed E-state index contributed by atoms with van der Waals surface area (Å²) in [4.78, 5) is 10.1. The Hall–Kier alpha value is 1.62. The second-order valence-electron chi connectivity index (χ2n) is 1.04. The van der Waals surface area contributed by atoms with Crippen LogP contribution in [0.15, 0.2) is 0 Å². The van der Waals surface area contributed by atoms with Gasteiger partial charge >= 0.3 is 51.4 Å². The van der Waals surface area contributed by atoms with Gasteiger partial charge in [0.2, 0.25) is 0 Å². The van der Waals surface area contributed by atoms with E-state index in [1.54, 1.807) is 7.11 Å². The summed E-state index contributed by atoms with van der Waals surface area (Å²) in [6.07, 6.45) is 0. The molecule has 4 heteroatoms. The first-order chi connectivity index (χ1) is 3.27. The maximum atomic E-state index is 10.1. The van der Waals surface area contributed by atoms with E-state index in [1.807, 2.05) is 0 Å². The predicted octanol–water partition coefficient (Wildman–Crippen LogP) is 0.222. The van der Waals surface area contributed by atoms with Crippen molar-refractivity contribution in [1.82, 2.24) is 0 Å². The van der Waals surface area contributed by atoms with Crippen molar-refractivity contribution < 1.29 is 9.53 Å². The SMILES string of the molecule is COCSC(C)=O.[KH]. The molecule has 0 bridgehead atoms. The molecule has 0 spiro atoms. The standard InChI is InChI=1S/C4H8O2S.K.H/c1-4(5)7-3-6-2;;/h3H2,1-2H3;;. The Morgan fingerprint density at radius 1 is 1.75 bits per heavy atom. The Morgan fingerprint density at radius 3 is 2.38 bits per heavy atom. The normalized spacial score (nSPS) is 7.75. The molecule has 0 amide bonds. The molecule has 2 nitrogen and oxygen atoms in total. The molecule has 0 aliphatic carbocycles. The minimum atomic E-state index is 0. The molecule has 0 aliphatic heterocycles. The minimum absolute atomic E-state index is 0. The fourth-order valence-corrected chi connectivity index (χ4v) is 0.426. The van der Waals surface area contributed by atoms with Gasteiger partial charge in [0.1, 0.15) is 0 Å². The van der Waals surface area contributed by atoms with Crippen molar-refractivity contribution in [2.75, 3.05) is 13.0 Å². The average molecular weight is 160 g/mol. The Morgan fingerprint density at radius 2 is 2.25 bits per heavy atom. The molecule has 0 heterocycles. The van der Waals surface area contributed by atoms with Crippen LogP contribution in [0, 0.1) is 0 Å². The van der Waals surface area contributed by atoms with E-state index in [9.17, 15) is 4.79 Å². The summed E-state index contributed by atoms with van der Waals surface area (Å²) < 4.78 is 4.59. The van der Waals surface area contributed by atoms with Gasteiger partial charge in [-0.05, 0) is 0 Å². The van der Waals surface area contributed by atoms with E-state index in [4.69, 9.17) is 0 Å². The van der Waals surface area contributed by atoms with Crippen LogP contribution >= 0.6 is 11.8 Å². The summed E-state index contributed by atoms with van der Waals surface area (Å²) in [5, 5.41) is 0.0989. The summed E-state index contributed by atoms with van der Waals surface area (Å²) in [6, 6.07) is 0. The zero-order chi connectivity index (χ0) is 5.70. The number of thioether (sulfide) groups is 1. The van der Waals surface area contributed by atoms with E-state index in [1.165, 1.54) is 18.7 Å². The van der Waals surface area contributed by atoms with Crippen molar-refractivity contribution in [2.24, 2.45) is 0 Å². The van der Waals surface area contributed by atoms with Crippen molar-refractivity contribution in [1.29, 1.82) is 0 Å². The van der Waals surface area contributed by atoms with Gasteiger partial charge in [-0.25, -0.2) is 0 Å². The molecular weight excluding hydrogens is 151 g/mol. The summed E-state index contributed by atoms with van der Waals surface area (Å²) in [5.41, 5.74) is 0. The summed E-state index contributed by atoms with van der Waals surface area (Å²) in [7, 11) is 1.57. The van der Waals surface area contributed by atoms with Gasteiger partial charge in [0, 0.05) is 14.0 Å². The Labute approximate surface area is 96.2 Å². The van der Waals surface area contributed by atoms with Gasteiger partial charge in [-0.15, -0.1) is 0 Å². The molecule has 0 aromatic carbocycles. The molecule has 0 fully saturated rings. The number of carbonyl (C=O) groups excluding carboxylic acids is 1. The fraction of sp³-hybridized carbons (Fsp3) is 0.750. The number of methoxy groups -OCH3 is 1. The van der Waals surface area contributed by atoms with Crippen LogP contribution in [-0.4, -0.2) is 69.5 Å². The Bertz CT molecular complexity index is 67.1. The molecule has 0 unspecified atom stereocenters. The van der Waals surface area contributed by atoms with E-state index in [2.05, 4.69) is 4.74 Å². The molecule has 44 valence electrons. The van der Waals surface area contributed by atoms with Crippen LogP contribution in [0.4, 0.5) is 0 Å². The summed E-state index contributed by atoms with van der Waals surface area (Å²) in [6.45, 7) is 1.52. The van der Waals surface area contributed by atoms with E-state index in [-0.39, 0.29) is 56.5 Å². The number of hydrogen-bond acceptors (Lipinski definition) is 3. The molecule has 0 atom stereocenters. The topological polar surface area (TPSA) is 26.3 Å². The Kier molecular flexibility index (Phi) is 13.3. The second kappa shape index (κ2) is 8.62. The molecular formula is C4H9KO2S. The molecule has 0 rings (SSSR count). The molecule has 0 saturated carbocycles. The van der Waals surface area contributed by atoms with Gasteiger partial charge in [-0.1, -0.05) is 11.8 Å². The molecule has 0 aliphatic rings. The van der Waals surface area contributed by atoms with Gasteiger partial charge in [-0.3, -0.25) is 4.79 Å². The predicted molar refractivity (Wildman–Crippen MR) is 37.3 cm³/mol. The van der Waals surface area contributed by atoms with E-state index in [0.717, 1.165) is 0 Å². The maximum absolute atomic E-state index is 10.1. The van der Waals surface area contributed by atoms with Gasteiger partial charge in [0.25, 0.3) is 0 Å². The molecule has 0 radical (unpaired) electrons. The third-order valence-corrected chi connectivity index (χ3v) is 1.14. The van der Waals surface area contributed by atoms with Crippen LogP contribution in [0.5, 0.6) is 0 Å². The second-order valence-corrected chi connectivity index (χ2v) is 2.14. The average Bonchev–Trinajstić information content (AvgIpc) is 1.61. The molecule has 8 heavy (non-hydrogen) atoms. The number of rotatable bonds is 2. The number of ether oxygens (including phenoxy) is 1. The summed E-state index contributed by atoms with van der Waals surface area (Å²) >= 11 is 1.17. The van der Waals surface area contributed by atoms with E-state index >= 15 is 0 Å². The van der Waals surface area contributed by atoms with Gasteiger partial charge in [0.15, 0.2) is 5.12 Å². The third kappa shape index (κ3) is 10.6. The van der Waals surface area contributed by atoms with Crippen molar-refractivity contribution >= 4 is 68.3 Å². The Balaban J connectivity index is 0. The van der Waals surface area contributed by atoms with Crippen LogP contribution in [0.1, 0.15) is 6.92 Å². The molecule has 0 aromatic rings. The first-order valence-electron chi connectivity index (χ1n) is 1.89. The van der Waals surface area contributed by atoms with Gasteiger partial charge in [-0.2, -0.15) is 0 Å². The zero-order valence-corrected chi connectivity index (χ0v) is 5.25. The van der Waals surface area contributed by atoms with Crippen molar-refractivity contribution in [2.45, 2.75) is 6.92 Å². The van der Waals surface area contributed by atoms with Crippen LogP contribution < -0.4 is 0 Å². The quantitative estimate of drug-likeness (QED) is 0.427. The van der Waals surface area contributed by atoms with Crippen LogP contribution in [0.25, 0.3) is 0 Å². The van der Waals surface area contributed by atoms with Crippen molar-refractivity contribution in [3.05, 3.63) is 0 Å². The summed E-state index contributed by atoms with van der Waals surface area (Å²) in [5.74, 6) is 0.468. The van der Waals surface area contributed by atoms with Gasteiger partial charge < -0.3 is 4.74 Å². The first kappa shape index (κ1) is 12.3. The molecule has 0 saturated heterocycles. The zero-order valence-electron chi connectivity index (χ0n) is 4.43. The first-order valence-corrected chi connectivity index (χ1v) is 2.88. The van der Waals surface area contributed by atoms with Crippen LogP contribution in [0.3, 0.4) is 0 Å². The van der Waals surface area contributed by atoms with Crippen molar-refractivity contribution in [3.63, 3.8) is 0 Å².